The predicted octanol–water partition coefficient (Wildman–Crippen LogP) is 2.07. The zero-order valence-corrected chi connectivity index (χ0v) is 10.5. The van der Waals surface area contributed by atoms with Crippen LogP contribution in [-0.2, 0) is 15.1 Å². The molecule has 1 N–H and O–H groups in total. The Kier molecular flexibility index (Phi) is 2.96. The van der Waals surface area contributed by atoms with Crippen molar-refractivity contribution in [2.45, 2.75) is 32.3 Å². The molecular formula is C14H18O3. The van der Waals surface area contributed by atoms with Crippen LogP contribution in [0.15, 0.2) is 18.2 Å². The maximum absolute atomic E-state index is 11.3. The SMILES string of the molecule is COC(=O)C1CC(O)(c2cccc(C)c2C)C1. The van der Waals surface area contributed by atoms with E-state index in [9.17, 15) is 9.90 Å². The zero-order chi connectivity index (χ0) is 12.6. The van der Waals surface area contributed by atoms with Crippen LogP contribution in [0.2, 0.25) is 0 Å². The van der Waals surface area contributed by atoms with Crippen LogP contribution in [0.3, 0.4) is 0 Å². The fourth-order valence-corrected chi connectivity index (χ4v) is 2.56. The summed E-state index contributed by atoms with van der Waals surface area (Å²) in [5.41, 5.74) is 2.36. The zero-order valence-electron chi connectivity index (χ0n) is 10.5. The summed E-state index contributed by atoms with van der Waals surface area (Å²) in [5, 5.41) is 10.5. The summed E-state index contributed by atoms with van der Waals surface area (Å²) in [4.78, 5) is 11.3. The van der Waals surface area contributed by atoms with Gasteiger partial charge < -0.3 is 9.84 Å². The number of rotatable bonds is 2. The fraction of sp³-hybridized carbons (Fsp3) is 0.500. The van der Waals surface area contributed by atoms with Crippen LogP contribution < -0.4 is 0 Å². The lowest BCUT2D eigenvalue weighted by Gasteiger charge is -2.43. The van der Waals surface area contributed by atoms with Gasteiger partial charge in [-0.3, -0.25) is 4.79 Å². The molecule has 1 aliphatic carbocycles. The van der Waals surface area contributed by atoms with Gasteiger partial charge in [0.1, 0.15) is 0 Å². The quantitative estimate of drug-likeness (QED) is 0.797. The molecule has 0 aromatic heterocycles. The van der Waals surface area contributed by atoms with Crippen LogP contribution in [0.25, 0.3) is 0 Å². The van der Waals surface area contributed by atoms with Crippen LogP contribution in [0.5, 0.6) is 0 Å². The molecule has 0 unspecified atom stereocenters. The molecule has 0 atom stereocenters. The highest BCUT2D eigenvalue weighted by Gasteiger charge is 2.48. The van der Waals surface area contributed by atoms with Crippen molar-refractivity contribution < 1.29 is 14.6 Å². The van der Waals surface area contributed by atoms with Crippen LogP contribution >= 0.6 is 0 Å². The maximum atomic E-state index is 11.3. The molecule has 0 amide bonds. The Balaban J connectivity index is 2.20. The van der Waals surface area contributed by atoms with E-state index in [1.807, 2.05) is 32.0 Å². The van der Waals surface area contributed by atoms with Gasteiger partial charge in [0.05, 0.1) is 18.6 Å². The summed E-state index contributed by atoms with van der Waals surface area (Å²) in [6.45, 7) is 4.03. The maximum Gasteiger partial charge on any atom is 0.308 e. The van der Waals surface area contributed by atoms with Crippen molar-refractivity contribution in [2.24, 2.45) is 5.92 Å². The topological polar surface area (TPSA) is 46.5 Å². The summed E-state index contributed by atoms with van der Waals surface area (Å²) >= 11 is 0. The molecule has 1 aromatic carbocycles. The molecule has 0 aliphatic heterocycles. The van der Waals surface area contributed by atoms with Gasteiger partial charge in [-0.25, -0.2) is 0 Å². The number of esters is 1. The second-order valence-electron chi connectivity index (χ2n) is 4.91. The van der Waals surface area contributed by atoms with Gasteiger partial charge in [0, 0.05) is 0 Å². The molecule has 1 aliphatic rings. The first kappa shape index (κ1) is 12.1. The van der Waals surface area contributed by atoms with Crippen molar-refractivity contribution in [3.05, 3.63) is 34.9 Å². The fourth-order valence-electron chi connectivity index (χ4n) is 2.56. The highest BCUT2D eigenvalue weighted by atomic mass is 16.5. The van der Waals surface area contributed by atoms with Gasteiger partial charge in [-0.05, 0) is 43.4 Å². The average molecular weight is 234 g/mol. The smallest absolute Gasteiger partial charge is 0.308 e. The van der Waals surface area contributed by atoms with E-state index in [1.54, 1.807) is 0 Å². The number of benzene rings is 1. The molecule has 0 saturated heterocycles. The van der Waals surface area contributed by atoms with E-state index in [1.165, 1.54) is 7.11 Å². The predicted molar refractivity (Wildman–Crippen MR) is 64.6 cm³/mol. The number of ether oxygens (including phenoxy) is 1. The van der Waals surface area contributed by atoms with Gasteiger partial charge in [-0.2, -0.15) is 0 Å². The van der Waals surface area contributed by atoms with Gasteiger partial charge in [0.2, 0.25) is 0 Å². The Hall–Kier alpha value is -1.35. The van der Waals surface area contributed by atoms with E-state index in [0.717, 1.165) is 16.7 Å². The molecule has 2 rings (SSSR count). The van der Waals surface area contributed by atoms with Crippen LogP contribution in [0, 0.1) is 19.8 Å². The minimum absolute atomic E-state index is 0.162. The summed E-state index contributed by atoms with van der Waals surface area (Å²) in [5.74, 6) is -0.384. The molecule has 1 fully saturated rings. The molecule has 0 heterocycles. The van der Waals surface area contributed by atoms with Gasteiger partial charge in [0.25, 0.3) is 0 Å². The number of methoxy groups -OCH3 is 1. The molecule has 1 aromatic rings. The van der Waals surface area contributed by atoms with Gasteiger partial charge in [-0.15, -0.1) is 0 Å². The van der Waals surface area contributed by atoms with Crippen LogP contribution in [0.1, 0.15) is 29.5 Å². The summed E-state index contributed by atoms with van der Waals surface area (Å²) < 4.78 is 4.69. The molecule has 0 radical (unpaired) electrons. The highest BCUT2D eigenvalue weighted by molar-refractivity contribution is 5.74. The first-order valence-corrected chi connectivity index (χ1v) is 5.85. The lowest BCUT2D eigenvalue weighted by atomic mass is 9.66. The molecule has 92 valence electrons. The van der Waals surface area contributed by atoms with Gasteiger partial charge in [0.15, 0.2) is 0 Å². The molecular weight excluding hydrogens is 216 g/mol. The minimum Gasteiger partial charge on any atom is -0.469 e. The van der Waals surface area contributed by atoms with Crippen molar-refractivity contribution >= 4 is 5.97 Å². The second kappa shape index (κ2) is 4.15. The van der Waals surface area contributed by atoms with E-state index in [0.29, 0.717) is 12.8 Å². The van der Waals surface area contributed by atoms with Crippen molar-refractivity contribution in [2.75, 3.05) is 7.11 Å². The largest absolute Gasteiger partial charge is 0.469 e. The van der Waals surface area contributed by atoms with Crippen molar-refractivity contribution in [3.8, 4) is 0 Å². The van der Waals surface area contributed by atoms with E-state index >= 15 is 0 Å². The lowest BCUT2D eigenvalue weighted by Crippen LogP contribution is -2.45. The molecule has 1 saturated carbocycles. The number of carbonyl (C=O) groups excluding carboxylic acids is 1. The van der Waals surface area contributed by atoms with Crippen LogP contribution in [-0.4, -0.2) is 18.2 Å². The van der Waals surface area contributed by atoms with Gasteiger partial charge in [-0.1, -0.05) is 18.2 Å². The Morgan fingerprint density at radius 1 is 1.41 bits per heavy atom. The Bertz CT molecular complexity index is 445. The Morgan fingerprint density at radius 2 is 2.06 bits per heavy atom. The molecule has 17 heavy (non-hydrogen) atoms. The summed E-state index contributed by atoms with van der Waals surface area (Å²) in [7, 11) is 1.39. The number of aliphatic hydroxyl groups is 1. The number of hydrogen-bond acceptors (Lipinski definition) is 3. The van der Waals surface area contributed by atoms with Crippen LogP contribution in [0.4, 0.5) is 0 Å². The first-order chi connectivity index (χ1) is 7.98. The lowest BCUT2D eigenvalue weighted by molar-refractivity contribution is -0.163. The summed E-state index contributed by atoms with van der Waals surface area (Å²) in [6, 6.07) is 5.91. The third kappa shape index (κ3) is 1.95. The molecule has 3 heteroatoms. The van der Waals surface area contributed by atoms with E-state index < -0.39 is 5.60 Å². The van der Waals surface area contributed by atoms with E-state index in [2.05, 4.69) is 4.74 Å². The second-order valence-corrected chi connectivity index (χ2v) is 4.91. The summed E-state index contributed by atoms with van der Waals surface area (Å²) in [6.07, 6.45) is 0.925. The molecule has 0 bridgehead atoms. The normalized spacial score (nSPS) is 27.4. The molecule has 0 spiro atoms. The average Bonchev–Trinajstić information content (AvgIpc) is 2.27. The standard InChI is InChI=1S/C14H18O3/c1-9-5-4-6-12(10(9)2)14(16)7-11(8-14)13(15)17-3/h4-6,11,16H,7-8H2,1-3H3. The Morgan fingerprint density at radius 3 is 2.65 bits per heavy atom. The highest BCUT2D eigenvalue weighted by Crippen LogP contribution is 2.47. The first-order valence-electron chi connectivity index (χ1n) is 5.85. The number of carbonyl (C=O) groups is 1. The van der Waals surface area contributed by atoms with E-state index in [4.69, 9.17) is 0 Å². The minimum atomic E-state index is -0.852. The number of aryl methyl sites for hydroxylation is 1. The molecule has 3 nitrogen and oxygen atoms in total. The van der Waals surface area contributed by atoms with Crippen molar-refractivity contribution in [1.82, 2.24) is 0 Å². The van der Waals surface area contributed by atoms with Crippen molar-refractivity contribution in [1.29, 1.82) is 0 Å². The van der Waals surface area contributed by atoms with E-state index in [-0.39, 0.29) is 11.9 Å². The van der Waals surface area contributed by atoms with Crippen molar-refractivity contribution in [3.63, 3.8) is 0 Å². The third-order valence-electron chi connectivity index (χ3n) is 3.81. The number of hydrogen-bond donors (Lipinski definition) is 1. The third-order valence-corrected chi connectivity index (χ3v) is 3.81. The monoisotopic (exact) mass is 234 g/mol. The Labute approximate surface area is 101 Å². The van der Waals surface area contributed by atoms with Gasteiger partial charge >= 0.3 is 5.97 Å².